The van der Waals surface area contributed by atoms with Gasteiger partial charge in [0.25, 0.3) is 5.91 Å². The molecule has 8 nitrogen and oxygen atoms in total. The van der Waals surface area contributed by atoms with Crippen LogP contribution >= 0.6 is 0 Å². The molecule has 0 bridgehead atoms. The van der Waals surface area contributed by atoms with Gasteiger partial charge >= 0.3 is 0 Å². The van der Waals surface area contributed by atoms with Crippen LogP contribution < -0.4 is 14.5 Å². The first-order valence-corrected chi connectivity index (χ1v) is 10.1. The number of methoxy groups -OCH3 is 1. The molecule has 2 aliphatic heterocycles. The van der Waals surface area contributed by atoms with Crippen molar-refractivity contribution >= 4 is 17.5 Å². The second-order valence-corrected chi connectivity index (χ2v) is 7.54. The third-order valence-electron chi connectivity index (χ3n) is 5.67. The zero-order valence-electron chi connectivity index (χ0n) is 17.1. The number of rotatable bonds is 4. The summed E-state index contributed by atoms with van der Waals surface area (Å²) in [4.78, 5) is 30.5. The number of amides is 1. The van der Waals surface area contributed by atoms with Gasteiger partial charge in [-0.25, -0.2) is 9.97 Å². The van der Waals surface area contributed by atoms with Gasteiger partial charge in [-0.05, 0) is 25.2 Å². The molecule has 2 fully saturated rings. The number of aromatic nitrogens is 2. The van der Waals surface area contributed by atoms with Gasteiger partial charge in [0.15, 0.2) is 0 Å². The minimum absolute atomic E-state index is 0.0457. The zero-order chi connectivity index (χ0) is 20.2. The molecule has 2 aromatic rings. The first-order chi connectivity index (χ1) is 14.1. The molecular formula is C21H28N6O2. The summed E-state index contributed by atoms with van der Waals surface area (Å²) in [5, 5.41) is 0. The molecule has 2 aliphatic rings. The third kappa shape index (κ3) is 4.42. The summed E-state index contributed by atoms with van der Waals surface area (Å²) in [7, 11) is 3.76. The number of hydrogen-bond acceptors (Lipinski definition) is 7. The summed E-state index contributed by atoms with van der Waals surface area (Å²) in [6, 6.07) is 9.40. The fraction of sp³-hybridized carbons (Fsp3) is 0.476. The number of benzene rings is 1. The number of hydrogen-bond donors (Lipinski definition) is 0. The van der Waals surface area contributed by atoms with E-state index in [1.54, 1.807) is 19.5 Å². The van der Waals surface area contributed by atoms with Gasteiger partial charge < -0.3 is 24.3 Å². The summed E-state index contributed by atoms with van der Waals surface area (Å²) in [5.74, 6) is 2.66. The van der Waals surface area contributed by atoms with Crippen LogP contribution in [-0.4, -0.2) is 92.2 Å². The smallest absolute Gasteiger partial charge is 0.254 e. The summed E-state index contributed by atoms with van der Waals surface area (Å²) >= 11 is 0. The lowest BCUT2D eigenvalue weighted by molar-refractivity contribution is 0.0746. The van der Waals surface area contributed by atoms with Gasteiger partial charge in [0.05, 0.1) is 7.11 Å². The highest BCUT2D eigenvalue weighted by atomic mass is 16.5. The van der Waals surface area contributed by atoms with Crippen LogP contribution in [0.25, 0.3) is 0 Å². The van der Waals surface area contributed by atoms with E-state index in [1.165, 1.54) is 0 Å². The second kappa shape index (κ2) is 8.65. The number of likely N-dealkylation sites (N-methyl/N-ethyl adjacent to an activating group) is 1. The summed E-state index contributed by atoms with van der Waals surface area (Å²) < 4.78 is 5.23. The minimum Gasteiger partial charge on any atom is -0.497 e. The van der Waals surface area contributed by atoms with E-state index >= 15 is 0 Å². The molecule has 0 unspecified atom stereocenters. The molecule has 154 valence electrons. The highest BCUT2D eigenvalue weighted by molar-refractivity contribution is 5.94. The number of nitrogens with zero attached hydrogens (tertiary/aromatic N) is 6. The van der Waals surface area contributed by atoms with Crippen molar-refractivity contribution in [2.75, 3.05) is 76.3 Å². The molecular weight excluding hydrogens is 368 g/mol. The van der Waals surface area contributed by atoms with Gasteiger partial charge in [-0.1, -0.05) is 6.07 Å². The monoisotopic (exact) mass is 396 g/mol. The summed E-state index contributed by atoms with van der Waals surface area (Å²) in [6.45, 7) is 6.91. The van der Waals surface area contributed by atoms with Crippen molar-refractivity contribution in [2.45, 2.75) is 0 Å². The number of ether oxygens (including phenoxy) is 1. The fourth-order valence-electron chi connectivity index (χ4n) is 3.80. The second-order valence-electron chi connectivity index (χ2n) is 7.54. The Morgan fingerprint density at radius 1 is 0.897 bits per heavy atom. The van der Waals surface area contributed by atoms with Gasteiger partial charge in [0.2, 0.25) is 0 Å². The maximum Gasteiger partial charge on any atom is 0.254 e. The zero-order valence-corrected chi connectivity index (χ0v) is 17.1. The largest absolute Gasteiger partial charge is 0.497 e. The minimum atomic E-state index is 0.0457. The van der Waals surface area contributed by atoms with Crippen LogP contribution in [0.5, 0.6) is 5.75 Å². The molecule has 8 heteroatoms. The SMILES string of the molecule is COc1cccc(C(=O)N2CCN(c3cc(N4CCN(C)CC4)ncn3)CC2)c1. The Hall–Kier alpha value is -2.87. The molecule has 0 aliphatic carbocycles. The van der Waals surface area contributed by atoms with Gasteiger partial charge in [-0.2, -0.15) is 0 Å². The third-order valence-corrected chi connectivity index (χ3v) is 5.67. The van der Waals surface area contributed by atoms with Crippen molar-refractivity contribution in [2.24, 2.45) is 0 Å². The Bertz CT molecular complexity index is 845. The molecule has 0 radical (unpaired) electrons. The van der Waals surface area contributed by atoms with Crippen molar-refractivity contribution in [3.05, 3.63) is 42.2 Å². The Labute approximate surface area is 171 Å². The van der Waals surface area contributed by atoms with Crippen LogP contribution in [0.4, 0.5) is 11.6 Å². The first kappa shape index (κ1) is 19.4. The summed E-state index contributed by atoms with van der Waals surface area (Å²) in [5.41, 5.74) is 0.664. The lowest BCUT2D eigenvalue weighted by atomic mass is 10.1. The number of anilines is 2. The van der Waals surface area contributed by atoms with E-state index in [2.05, 4.69) is 37.8 Å². The lowest BCUT2D eigenvalue weighted by Crippen LogP contribution is -2.49. The molecule has 3 heterocycles. The average molecular weight is 396 g/mol. The highest BCUT2D eigenvalue weighted by Gasteiger charge is 2.24. The molecule has 29 heavy (non-hydrogen) atoms. The van der Waals surface area contributed by atoms with Gasteiger partial charge in [0, 0.05) is 64.0 Å². The van der Waals surface area contributed by atoms with E-state index in [0.717, 1.165) is 50.9 Å². The maximum absolute atomic E-state index is 12.8. The fourth-order valence-corrected chi connectivity index (χ4v) is 3.80. The van der Waals surface area contributed by atoms with Crippen molar-refractivity contribution in [3.8, 4) is 5.75 Å². The molecule has 1 aromatic heterocycles. The molecule has 0 atom stereocenters. The average Bonchev–Trinajstić information content (AvgIpc) is 2.79. The predicted molar refractivity (Wildman–Crippen MR) is 113 cm³/mol. The van der Waals surface area contributed by atoms with Crippen LogP contribution in [0.2, 0.25) is 0 Å². The molecule has 1 amide bonds. The van der Waals surface area contributed by atoms with Crippen molar-refractivity contribution in [3.63, 3.8) is 0 Å². The molecule has 0 spiro atoms. The van der Waals surface area contributed by atoms with E-state index in [-0.39, 0.29) is 5.91 Å². The van der Waals surface area contributed by atoms with Crippen LogP contribution in [0, 0.1) is 0 Å². The van der Waals surface area contributed by atoms with E-state index < -0.39 is 0 Å². The summed E-state index contributed by atoms with van der Waals surface area (Å²) in [6.07, 6.45) is 1.65. The Morgan fingerprint density at radius 3 is 2.14 bits per heavy atom. The van der Waals surface area contributed by atoms with E-state index in [9.17, 15) is 4.79 Å². The highest BCUT2D eigenvalue weighted by Crippen LogP contribution is 2.21. The lowest BCUT2D eigenvalue weighted by Gasteiger charge is -2.36. The van der Waals surface area contributed by atoms with Crippen LogP contribution in [0.15, 0.2) is 36.7 Å². The number of carbonyl (C=O) groups excluding carboxylic acids is 1. The van der Waals surface area contributed by atoms with Gasteiger partial charge in [-0.15, -0.1) is 0 Å². The van der Waals surface area contributed by atoms with Gasteiger partial charge in [-0.3, -0.25) is 4.79 Å². The number of piperazine rings is 2. The van der Waals surface area contributed by atoms with Crippen molar-refractivity contribution < 1.29 is 9.53 Å². The normalized spacial score (nSPS) is 18.1. The number of carbonyl (C=O) groups is 1. The van der Waals surface area contributed by atoms with E-state index in [4.69, 9.17) is 4.74 Å². The van der Waals surface area contributed by atoms with Crippen LogP contribution in [0.3, 0.4) is 0 Å². The quantitative estimate of drug-likeness (QED) is 0.769. The van der Waals surface area contributed by atoms with Crippen molar-refractivity contribution in [1.82, 2.24) is 19.8 Å². The van der Waals surface area contributed by atoms with E-state index in [1.807, 2.05) is 23.1 Å². The van der Waals surface area contributed by atoms with E-state index in [0.29, 0.717) is 24.4 Å². The molecule has 0 saturated carbocycles. The standard InChI is InChI=1S/C21H28N6O2/c1-24-6-8-25(9-7-24)19-15-20(23-16-22-19)26-10-12-27(13-11-26)21(28)17-4-3-5-18(14-17)29-2/h3-5,14-16H,6-13H2,1-2H3. The molecule has 0 N–H and O–H groups in total. The van der Waals surface area contributed by atoms with Crippen LogP contribution in [-0.2, 0) is 0 Å². The first-order valence-electron chi connectivity index (χ1n) is 10.1. The molecule has 1 aromatic carbocycles. The van der Waals surface area contributed by atoms with Crippen LogP contribution in [0.1, 0.15) is 10.4 Å². The Balaban J connectivity index is 1.38. The maximum atomic E-state index is 12.8. The van der Waals surface area contributed by atoms with Gasteiger partial charge in [0.1, 0.15) is 23.7 Å². The molecule has 2 saturated heterocycles. The predicted octanol–water partition coefficient (Wildman–Crippen LogP) is 1.20. The Morgan fingerprint density at radius 2 is 1.52 bits per heavy atom. The topological polar surface area (TPSA) is 65.0 Å². The van der Waals surface area contributed by atoms with Crippen molar-refractivity contribution in [1.29, 1.82) is 0 Å². The molecule has 4 rings (SSSR count). The Kier molecular flexibility index (Phi) is 5.80.